The molecule has 0 fully saturated rings. The zero-order valence-corrected chi connectivity index (χ0v) is 19.2. The molecule has 2 N–H and O–H groups in total. The van der Waals surface area contributed by atoms with Gasteiger partial charge in [0.15, 0.2) is 5.96 Å². The van der Waals surface area contributed by atoms with Crippen LogP contribution in [0, 0.1) is 5.41 Å². The molecule has 1 atom stereocenters. The van der Waals surface area contributed by atoms with Gasteiger partial charge < -0.3 is 15.4 Å². The van der Waals surface area contributed by atoms with E-state index in [1.807, 2.05) is 7.05 Å². The molecule has 0 saturated heterocycles. The molecule has 0 saturated carbocycles. The number of rotatable bonds is 6. The Morgan fingerprint density at radius 3 is 2.54 bits per heavy atom. The van der Waals surface area contributed by atoms with Crippen LogP contribution >= 0.6 is 24.0 Å². The maximum Gasteiger partial charge on any atom is 0.191 e. The Balaban J connectivity index is 0.00000338. The van der Waals surface area contributed by atoms with Crippen molar-refractivity contribution >= 4 is 29.9 Å². The van der Waals surface area contributed by atoms with E-state index < -0.39 is 0 Å². The Kier molecular flexibility index (Phi) is 9.89. The van der Waals surface area contributed by atoms with Crippen molar-refractivity contribution in [1.29, 1.82) is 0 Å². The molecule has 1 heterocycles. The number of hydrogen-bond acceptors (Lipinski definition) is 3. The normalized spacial score (nSPS) is 16.4. The van der Waals surface area contributed by atoms with Gasteiger partial charge in [0.1, 0.15) is 0 Å². The van der Waals surface area contributed by atoms with Gasteiger partial charge in [-0.2, -0.15) is 0 Å². The molecule has 1 aromatic rings. The zero-order chi connectivity index (χ0) is 18.3. The molecule has 0 amide bonds. The van der Waals surface area contributed by atoms with Gasteiger partial charge >= 0.3 is 0 Å². The van der Waals surface area contributed by atoms with Crippen molar-refractivity contribution in [2.75, 3.05) is 40.3 Å². The SMILES string of the molecule is CN=C(NCCN1CCc2ccccc2C1)NCC(OC)C(C)(C)C.I. The van der Waals surface area contributed by atoms with E-state index in [1.165, 1.54) is 11.1 Å². The summed E-state index contributed by atoms with van der Waals surface area (Å²) in [4.78, 5) is 6.81. The van der Waals surface area contributed by atoms with Gasteiger partial charge in [-0.3, -0.25) is 9.89 Å². The molecule has 6 heteroatoms. The van der Waals surface area contributed by atoms with Gasteiger partial charge in [-0.15, -0.1) is 24.0 Å². The van der Waals surface area contributed by atoms with Gasteiger partial charge in [-0.05, 0) is 23.0 Å². The first kappa shape index (κ1) is 23.2. The number of hydrogen-bond donors (Lipinski definition) is 2. The Labute approximate surface area is 176 Å². The molecule has 5 nitrogen and oxygen atoms in total. The van der Waals surface area contributed by atoms with Crippen molar-refractivity contribution in [1.82, 2.24) is 15.5 Å². The predicted octanol–water partition coefficient (Wildman–Crippen LogP) is 2.89. The van der Waals surface area contributed by atoms with E-state index >= 15 is 0 Å². The number of aliphatic imine (C=N–C) groups is 1. The summed E-state index contributed by atoms with van der Waals surface area (Å²) in [6.45, 7) is 11.4. The number of nitrogens with one attached hydrogen (secondary N) is 2. The number of ether oxygens (including phenoxy) is 1. The summed E-state index contributed by atoms with van der Waals surface area (Å²) >= 11 is 0. The van der Waals surface area contributed by atoms with Gasteiger partial charge in [0.05, 0.1) is 6.10 Å². The minimum Gasteiger partial charge on any atom is -0.379 e. The van der Waals surface area contributed by atoms with Gasteiger partial charge in [-0.25, -0.2) is 0 Å². The lowest BCUT2D eigenvalue weighted by Crippen LogP contribution is -2.47. The molecular formula is C20H35IN4O. The largest absolute Gasteiger partial charge is 0.379 e. The van der Waals surface area contributed by atoms with Crippen LogP contribution in [-0.2, 0) is 17.7 Å². The van der Waals surface area contributed by atoms with Crippen LogP contribution in [0.5, 0.6) is 0 Å². The predicted molar refractivity (Wildman–Crippen MR) is 120 cm³/mol. The fourth-order valence-electron chi connectivity index (χ4n) is 3.23. The van der Waals surface area contributed by atoms with E-state index in [-0.39, 0.29) is 35.5 Å². The van der Waals surface area contributed by atoms with Crippen molar-refractivity contribution in [3.8, 4) is 0 Å². The summed E-state index contributed by atoms with van der Waals surface area (Å²) in [5.41, 5.74) is 3.06. The van der Waals surface area contributed by atoms with E-state index in [0.717, 1.165) is 45.1 Å². The van der Waals surface area contributed by atoms with Crippen molar-refractivity contribution in [3.05, 3.63) is 35.4 Å². The van der Waals surface area contributed by atoms with Crippen LogP contribution in [0.15, 0.2) is 29.3 Å². The monoisotopic (exact) mass is 474 g/mol. The summed E-state index contributed by atoms with van der Waals surface area (Å²) in [5, 5.41) is 6.79. The third-order valence-corrected chi connectivity index (χ3v) is 4.86. The van der Waals surface area contributed by atoms with Gasteiger partial charge in [0, 0.05) is 46.9 Å². The lowest BCUT2D eigenvalue weighted by Gasteiger charge is -2.30. The quantitative estimate of drug-likeness (QED) is 0.378. The average molecular weight is 474 g/mol. The first-order valence-corrected chi connectivity index (χ1v) is 9.20. The first-order chi connectivity index (χ1) is 11.9. The summed E-state index contributed by atoms with van der Waals surface area (Å²) in [6, 6.07) is 8.76. The lowest BCUT2D eigenvalue weighted by molar-refractivity contribution is 0.0205. The first-order valence-electron chi connectivity index (χ1n) is 9.20. The molecule has 1 aliphatic heterocycles. The number of guanidine groups is 1. The molecule has 26 heavy (non-hydrogen) atoms. The highest BCUT2D eigenvalue weighted by molar-refractivity contribution is 14.0. The second-order valence-corrected chi connectivity index (χ2v) is 7.77. The molecule has 1 aromatic carbocycles. The number of methoxy groups -OCH3 is 1. The molecule has 148 valence electrons. The average Bonchev–Trinajstić information content (AvgIpc) is 2.59. The van der Waals surface area contributed by atoms with Crippen LogP contribution in [-0.4, -0.2) is 57.3 Å². The Morgan fingerprint density at radius 2 is 1.92 bits per heavy atom. The number of nitrogens with zero attached hydrogens (tertiary/aromatic N) is 2. The maximum absolute atomic E-state index is 5.59. The fraction of sp³-hybridized carbons (Fsp3) is 0.650. The van der Waals surface area contributed by atoms with Gasteiger partial charge in [0.25, 0.3) is 0 Å². The second-order valence-electron chi connectivity index (χ2n) is 7.77. The molecule has 0 spiro atoms. The van der Waals surface area contributed by atoms with Crippen LogP contribution in [0.4, 0.5) is 0 Å². The van der Waals surface area contributed by atoms with Gasteiger partial charge in [0.2, 0.25) is 0 Å². The third-order valence-electron chi connectivity index (χ3n) is 4.86. The molecular weight excluding hydrogens is 439 g/mol. The number of benzene rings is 1. The van der Waals surface area contributed by atoms with E-state index in [0.29, 0.717) is 0 Å². The number of halogens is 1. The van der Waals surface area contributed by atoms with E-state index in [4.69, 9.17) is 4.74 Å². The van der Waals surface area contributed by atoms with Crippen molar-refractivity contribution in [2.24, 2.45) is 10.4 Å². The smallest absolute Gasteiger partial charge is 0.191 e. The molecule has 1 unspecified atom stereocenters. The zero-order valence-electron chi connectivity index (χ0n) is 16.8. The molecule has 0 aromatic heterocycles. The van der Waals surface area contributed by atoms with Crippen LogP contribution in [0.2, 0.25) is 0 Å². The van der Waals surface area contributed by atoms with E-state index in [9.17, 15) is 0 Å². The minimum atomic E-state index is 0. The topological polar surface area (TPSA) is 48.9 Å². The van der Waals surface area contributed by atoms with Crippen LogP contribution in [0.25, 0.3) is 0 Å². The van der Waals surface area contributed by atoms with Crippen LogP contribution in [0.1, 0.15) is 31.9 Å². The highest BCUT2D eigenvalue weighted by Crippen LogP contribution is 2.21. The summed E-state index contributed by atoms with van der Waals surface area (Å²) in [6.07, 6.45) is 1.29. The lowest BCUT2D eigenvalue weighted by atomic mass is 9.89. The molecule has 0 aliphatic carbocycles. The minimum absolute atomic E-state index is 0. The Bertz CT molecular complexity index is 571. The van der Waals surface area contributed by atoms with Crippen molar-refractivity contribution < 1.29 is 4.74 Å². The summed E-state index contributed by atoms with van der Waals surface area (Å²) in [7, 11) is 3.58. The second kappa shape index (κ2) is 11.1. The van der Waals surface area contributed by atoms with E-state index in [1.54, 1.807) is 7.11 Å². The molecule has 0 bridgehead atoms. The van der Waals surface area contributed by atoms with Crippen molar-refractivity contribution in [3.63, 3.8) is 0 Å². The molecule has 1 aliphatic rings. The van der Waals surface area contributed by atoms with Crippen LogP contribution in [0.3, 0.4) is 0 Å². The Hall–Kier alpha value is -0.860. The highest BCUT2D eigenvalue weighted by atomic mass is 127. The third kappa shape index (κ3) is 7.04. The molecule has 0 radical (unpaired) electrons. The number of fused-ring (bicyclic) bond motifs is 1. The van der Waals surface area contributed by atoms with Gasteiger partial charge in [-0.1, -0.05) is 45.0 Å². The summed E-state index contributed by atoms with van der Waals surface area (Å²) < 4.78 is 5.59. The van der Waals surface area contributed by atoms with Crippen LogP contribution < -0.4 is 10.6 Å². The van der Waals surface area contributed by atoms with E-state index in [2.05, 4.69) is 65.6 Å². The highest BCUT2D eigenvalue weighted by Gasteiger charge is 2.24. The maximum atomic E-state index is 5.59. The summed E-state index contributed by atoms with van der Waals surface area (Å²) in [5.74, 6) is 0.837. The van der Waals surface area contributed by atoms with Crippen molar-refractivity contribution in [2.45, 2.75) is 39.8 Å². The Morgan fingerprint density at radius 1 is 1.23 bits per heavy atom. The fourth-order valence-corrected chi connectivity index (χ4v) is 3.23. The standard InChI is InChI=1S/C20H34N4O.HI/c1-20(2,3)18(25-5)14-23-19(21-4)22-11-13-24-12-10-16-8-6-7-9-17(16)15-24;/h6-9,18H,10-15H2,1-5H3,(H2,21,22,23);1H. The molecule has 2 rings (SSSR count).